The molecule has 1 aliphatic carbocycles. The maximum absolute atomic E-state index is 12.4. The van der Waals surface area contributed by atoms with E-state index in [-0.39, 0.29) is 10.5 Å². The number of nitrogens with zero attached hydrogens (tertiary/aromatic N) is 1. The summed E-state index contributed by atoms with van der Waals surface area (Å²) in [5.74, 6) is 0.736. The number of hydrogen-bond acceptors (Lipinski definition) is 5. The van der Waals surface area contributed by atoms with Gasteiger partial charge in [-0.15, -0.1) is 0 Å². The van der Waals surface area contributed by atoms with Crippen molar-refractivity contribution in [2.75, 3.05) is 33.9 Å². The molecule has 4 atom stereocenters. The average Bonchev–Trinajstić information content (AvgIpc) is 2.52. The Bertz CT molecular complexity index is 490. The zero-order valence-electron chi connectivity index (χ0n) is 15.9. The first-order chi connectivity index (χ1) is 11.2. The second-order valence-electron chi connectivity index (χ2n) is 7.42. The van der Waals surface area contributed by atoms with Gasteiger partial charge in [0.2, 0.25) is 0 Å². The summed E-state index contributed by atoms with van der Waals surface area (Å²) in [4.78, 5) is 2.34. The van der Waals surface area contributed by atoms with E-state index in [1.165, 1.54) is 0 Å². The first-order valence-electron chi connectivity index (χ1n) is 9.04. The molecule has 5 nitrogen and oxygen atoms in total. The van der Waals surface area contributed by atoms with E-state index in [1.54, 1.807) is 21.0 Å². The van der Waals surface area contributed by atoms with Crippen LogP contribution in [0.25, 0.3) is 0 Å². The third kappa shape index (κ3) is 5.83. The van der Waals surface area contributed by atoms with Crippen LogP contribution < -0.4 is 5.73 Å². The van der Waals surface area contributed by atoms with E-state index < -0.39 is 9.84 Å². The highest BCUT2D eigenvalue weighted by molar-refractivity contribution is 7.92. The lowest BCUT2D eigenvalue weighted by Gasteiger charge is -2.35. The molecule has 0 amide bonds. The number of rotatable bonds is 10. The molecule has 0 heterocycles. The Kier molecular flexibility index (Phi) is 8.91. The highest BCUT2D eigenvalue weighted by Gasteiger charge is 2.33. The molecular formula is C18H36N2O3S. The van der Waals surface area contributed by atoms with E-state index in [4.69, 9.17) is 10.5 Å². The lowest BCUT2D eigenvalue weighted by atomic mass is 9.84. The van der Waals surface area contributed by atoms with Crippen molar-refractivity contribution in [2.24, 2.45) is 17.6 Å². The largest absolute Gasteiger partial charge is 0.383 e. The smallest absolute Gasteiger partial charge is 0.159 e. The molecule has 6 heteroatoms. The quantitative estimate of drug-likeness (QED) is 0.604. The van der Waals surface area contributed by atoms with Gasteiger partial charge in [-0.3, -0.25) is 0 Å². The van der Waals surface area contributed by atoms with E-state index in [0.717, 1.165) is 19.4 Å². The number of ether oxygens (including phenoxy) is 1. The monoisotopic (exact) mass is 360 g/mol. The number of likely N-dealkylation sites (N-methyl/N-ethyl adjacent to an activating group) is 1. The van der Waals surface area contributed by atoms with E-state index in [2.05, 4.69) is 24.9 Å². The average molecular weight is 361 g/mol. The summed E-state index contributed by atoms with van der Waals surface area (Å²) >= 11 is 0. The molecule has 0 aromatic rings. The highest BCUT2D eigenvalue weighted by Crippen LogP contribution is 2.30. The molecule has 1 aliphatic rings. The maximum atomic E-state index is 12.4. The van der Waals surface area contributed by atoms with E-state index in [0.29, 0.717) is 37.5 Å². The molecule has 0 saturated carbocycles. The fourth-order valence-electron chi connectivity index (χ4n) is 3.37. The van der Waals surface area contributed by atoms with Crippen molar-refractivity contribution >= 4 is 9.84 Å². The van der Waals surface area contributed by atoms with Crippen molar-refractivity contribution in [1.29, 1.82) is 0 Å². The third-order valence-corrected chi connectivity index (χ3v) is 7.72. The van der Waals surface area contributed by atoms with Gasteiger partial charge in [0.25, 0.3) is 0 Å². The highest BCUT2D eigenvalue weighted by atomic mass is 32.2. The van der Waals surface area contributed by atoms with Crippen molar-refractivity contribution in [2.45, 2.75) is 56.6 Å². The van der Waals surface area contributed by atoms with Crippen LogP contribution >= 0.6 is 0 Å². The summed E-state index contributed by atoms with van der Waals surface area (Å²) < 4.78 is 30.1. The number of sulfone groups is 1. The van der Waals surface area contributed by atoms with Gasteiger partial charge in [0.15, 0.2) is 9.84 Å². The van der Waals surface area contributed by atoms with E-state index in [9.17, 15) is 8.42 Å². The second kappa shape index (κ2) is 9.90. The lowest BCUT2D eigenvalue weighted by molar-refractivity contribution is 0.0883. The molecule has 24 heavy (non-hydrogen) atoms. The van der Waals surface area contributed by atoms with Crippen LogP contribution in [-0.4, -0.2) is 63.7 Å². The molecule has 0 spiro atoms. The Hall–Kier alpha value is -0.430. The molecule has 2 N–H and O–H groups in total. The summed E-state index contributed by atoms with van der Waals surface area (Å²) in [6, 6.07) is 0.358. The second-order valence-corrected chi connectivity index (χ2v) is 10.1. The third-order valence-electron chi connectivity index (χ3n) is 5.21. The van der Waals surface area contributed by atoms with Crippen LogP contribution in [0.4, 0.5) is 0 Å². The molecule has 0 fully saturated rings. The maximum Gasteiger partial charge on any atom is 0.159 e. The molecule has 3 unspecified atom stereocenters. The van der Waals surface area contributed by atoms with Crippen LogP contribution in [0.2, 0.25) is 0 Å². The molecule has 0 aliphatic heterocycles. The van der Waals surface area contributed by atoms with Gasteiger partial charge in [0.1, 0.15) is 0 Å². The fraction of sp³-hybridized carbons (Fsp3) is 0.889. The Morgan fingerprint density at radius 2 is 2.00 bits per heavy atom. The minimum absolute atomic E-state index is 0.319. The summed E-state index contributed by atoms with van der Waals surface area (Å²) in [5, 5.41) is -0.651. The molecule has 142 valence electrons. The van der Waals surface area contributed by atoms with Gasteiger partial charge in [0.05, 0.1) is 17.1 Å². The topological polar surface area (TPSA) is 72.6 Å². The normalized spacial score (nSPS) is 26.2. The predicted octanol–water partition coefficient (Wildman–Crippen LogP) is 2.08. The van der Waals surface area contributed by atoms with Crippen LogP contribution in [0, 0.1) is 11.8 Å². The van der Waals surface area contributed by atoms with Crippen LogP contribution in [-0.2, 0) is 14.6 Å². The zero-order chi connectivity index (χ0) is 18.3. The minimum atomic E-state index is -3.06. The standard InChI is InChI=1S/C18H36N2O3S/c1-14(2)24(21,22)18-9-8-16(15(3)11-18)12-20(4)17(13-23-5)7-6-10-19/h8-9,14-18H,6-7,10-13,19H2,1-5H3/t15?,16?,17-,18?/m1/s1. The van der Waals surface area contributed by atoms with Crippen molar-refractivity contribution < 1.29 is 13.2 Å². The van der Waals surface area contributed by atoms with Crippen LogP contribution in [0.5, 0.6) is 0 Å². The van der Waals surface area contributed by atoms with Crippen molar-refractivity contribution in [3.8, 4) is 0 Å². The van der Waals surface area contributed by atoms with Crippen LogP contribution in [0.15, 0.2) is 12.2 Å². The molecule has 0 radical (unpaired) electrons. The summed E-state index contributed by atoms with van der Waals surface area (Å²) in [6.07, 6.45) is 6.76. The molecule has 0 aromatic heterocycles. The van der Waals surface area contributed by atoms with Gasteiger partial charge < -0.3 is 15.4 Å². The Balaban J connectivity index is 2.71. The van der Waals surface area contributed by atoms with Crippen molar-refractivity contribution in [3.63, 3.8) is 0 Å². The van der Waals surface area contributed by atoms with Gasteiger partial charge in [-0.05, 0) is 58.5 Å². The summed E-state index contributed by atoms with van der Waals surface area (Å²) in [6.45, 7) is 8.01. The number of nitrogens with two attached hydrogens (primary N) is 1. The van der Waals surface area contributed by atoms with Gasteiger partial charge >= 0.3 is 0 Å². The lowest BCUT2D eigenvalue weighted by Crippen LogP contribution is -2.41. The molecule has 0 aromatic carbocycles. The van der Waals surface area contributed by atoms with Crippen molar-refractivity contribution in [3.05, 3.63) is 12.2 Å². The van der Waals surface area contributed by atoms with E-state index >= 15 is 0 Å². The fourth-order valence-corrected chi connectivity index (χ4v) is 4.95. The SMILES string of the molecule is COC[C@@H](CCCN)N(C)CC1C=CC(S(=O)(=O)C(C)C)CC1C. The first kappa shape index (κ1) is 21.6. The van der Waals surface area contributed by atoms with E-state index in [1.807, 2.05) is 6.08 Å². The van der Waals surface area contributed by atoms with Crippen LogP contribution in [0.1, 0.15) is 40.0 Å². The number of methoxy groups -OCH3 is 1. The molecule has 0 saturated heterocycles. The van der Waals surface area contributed by atoms with Crippen molar-refractivity contribution in [1.82, 2.24) is 4.90 Å². The number of hydrogen-bond donors (Lipinski definition) is 1. The predicted molar refractivity (Wildman–Crippen MR) is 101 cm³/mol. The first-order valence-corrected chi connectivity index (χ1v) is 10.6. The minimum Gasteiger partial charge on any atom is -0.383 e. The Labute approximate surface area is 148 Å². The van der Waals surface area contributed by atoms with Crippen LogP contribution in [0.3, 0.4) is 0 Å². The molecule has 1 rings (SSSR count). The van der Waals surface area contributed by atoms with Gasteiger partial charge in [-0.2, -0.15) is 0 Å². The van der Waals surface area contributed by atoms with Gasteiger partial charge in [0, 0.05) is 19.7 Å². The Morgan fingerprint density at radius 3 is 2.50 bits per heavy atom. The molecule has 0 bridgehead atoms. The van der Waals surface area contributed by atoms with Gasteiger partial charge in [-0.1, -0.05) is 19.1 Å². The molecular weight excluding hydrogens is 324 g/mol. The summed E-state index contributed by atoms with van der Waals surface area (Å²) in [5.41, 5.74) is 5.63. The Morgan fingerprint density at radius 1 is 1.33 bits per heavy atom. The van der Waals surface area contributed by atoms with Gasteiger partial charge in [-0.25, -0.2) is 8.42 Å². The zero-order valence-corrected chi connectivity index (χ0v) is 16.8. The summed E-state index contributed by atoms with van der Waals surface area (Å²) in [7, 11) is 0.797.